The maximum atomic E-state index is 11.6. The van der Waals surface area contributed by atoms with Crippen molar-refractivity contribution >= 4 is 23.0 Å². The Hall–Kier alpha value is -1.88. The third kappa shape index (κ3) is 2.33. The van der Waals surface area contributed by atoms with E-state index < -0.39 is 0 Å². The molecular formula is C14H14N2O2S. The molecular weight excluding hydrogens is 260 g/mol. The minimum atomic E-state index is -0.357. The minimum absolute atomic E-state index is 0.357. The molecule has 5 heteroatoms. The van der Waals surface area contributed by atoms with Gasteiger partial charge in [-0.2, -0.15) is 0 Å². The van der Waals surface area contributed by atoms with Gasteiger partial charge in [0.15, 0.2) is 5.69 Å². The first kappa shape index (κ1) is 12.2. The van der Waals surface area contributed by atoms with Gasteiger partial charge in [0.2, 0.25) is 0 Å². The molecule has 4 nitrogen and oxygen atoms in total. The van der Waals surface area contributed by atoms with E-state index in [1.165, 1.54) is 22.6 Å². The Morgan fingerprint density at radius 3 is 3.26 bits per heavy atom. The number of ether oxygens (including phenoxy) is 1. The van der Waals surface area contributed by atoms with Crippen molar-refractivity contribution in [3.8, 4) is 10.6 Å². The van der Waals surface area contributed by atoms with E-state index in [0.29, 0.717) is 12.3 Å². The van der Waals surface area contributed by atoms with Crippen molar-refractivity contribution in [1.29, 1.82) is 0 Å². The van der Waals surface area contributed by atoms with E-state index >= 15 is 0 Å². The Bertz CT molecular complexity index is 622. The first-order valence-electron chi connectivity index (χ1n) is 6.27. The summed E-state index contributed by atoms with van der Waals surface area (Å²) in [6.07, 6.45) is 1.07. The second kappa shape index (κ2) is 5.01. The lowest BCUT2D eigenvalue weighted by Gasteiger charge is -2.02. The van der Waals surface area contributed by atoms with Gasteiger partial charge in [-0.15, -0.1) is 11.3 Å². The van der Waals surface area contributed by atoms with Gasteiger partial charge >= 0.3 is 5.97 Å². The molecule has 1 aliphatic heterocycles. The first-order valence-corrected chi connectivity index (χ1v) is 7.15. The quantitative estimate of drug-likeness (QED) is 0.874. The molecule has 0 fully saturated rings. The normalized spacial score (nSPS) is 12.9. The molecule has 1 aromatic heterocycles. The lowest BCUT2D eigenvalue weighted by molar-refractivity contribution is 0.0520. The fourth-order valence-corrected chi connectivity index (χ4v) is 2.92. The van der Waals surface area contributed by atoms with Crippen molar-refractivity contribution < 1.29 is 9.53 Å². The van der Waals surface area contributed by atoms with Crippen molar-refractivity contribution in [2.45, 2.75) is 13.3 Å². The van der Waals surface area contributed by atoms with E-state index in [1.54, 1.807) is 12.3 Å². The van der Waals surface area contributed by atoms with Gasteiger partial charge < -0.3 is 10.1 Å². The van der Waals surface area contributed by atoms with E-state index in [2.05, 4.69) is 28.5 Å². The Morgan fingerprint density at radius 1 is 1.53 bits per heavy atom. The summed E-state index contributed by atoms with van der Waals surface area (Å²) in [6.45, 7) is 3.15. The first-order chi connectivity index (χ1) is 9.28. The molecule has 0 atom stereocenters. The van der Waals surface area contributed by atoms with Gasteiger partial charge in [-0.3, -0.25) is 0 Å². The number of fused-ring (bicyclic) bond motifs is 1. The van der Waals surface area contributed by atoms with Crippen molar-refractivity contribution in [3.63, 3.8) is 0 Å². The molecule has 0 unspecified atom stereocenters. The largest absolute Gasteiger partial charge is 0.461 e. The van der Waals surface area contributed by atoms with Crippen LogP contribution in [0, 0.1) is 0 Å². The molecule has 2 heterocycles. The zero-order valence-corrected chi connectivity index (χ0v) is 11.4. The second-order valence-corrected chi connectivity index (χ2v) is 5.17. The van der Waals surface area contributed by atoms with Crippen LogP contribution >= 0.6 is 11.3 Å². The number of thiazole rings is 1. The molecule has 1 aromatic carbocycles. The number of carbonyl (C=O) groups excluding carboxylic acids is 1. The number of aromatic nitrogens is 1. The zero-order valence-electron chi connectivity index (χ0n) is 10.6. The van der Waals surface area contributed by atoms with Crippen LogP contribution in [0.15, 0.2) is 23.6 Å². The van der Waals surface area contributed by atoms with Crippen molar-refractivity contribution in [2.75, 3.05) is 18.5 Å². The molecule has 0 amide bonds. The fourth-order valence-electron chi connectivity index (χ4n) is 2.13. The molecule has 0 saturated heterocycles. The molecule has 0 spiro atoms. The maximum Gasteiger partial charge on any atom is 0.357 e. The summed E-state index contributed by atoms with van der Waals surface area (Å²) in [6, 6.07) is 6.27. The summed E-state index contributed by atoms with van der Waals surface area (Å²) in [5, 5.41) is 5.94. The van der Waals surface area contributed by atoms with Gasteiger partial charge in [-0.05, 0) is 25.0 Å². The molecule has 19 heavy (non-hydrogen) atoms. The SMILES string of the molecule is CCOC(=O)c1csc(-c2ccc3c(c2)NCC3)n1. The molecule has 2 aromatic rings. The highest BCUT2D eigenvalue weighted by molar-refractivity contribution is 7.13. The number of nitrogens with zero attached hydrogens (tertiary/aromatic N) is 1. The molecule has 1 N–H and O–H groups in total. The Kier molecular flexibility index (Phi) is 3.21. The van der Waals surface area contributed by atoms with Gasteiger partial charge in [0.05, 0.1) is 6.61 Å². The summed E-state index contributed by atoms with van der Waals surface area (Å²) in [7, 11) is 0. The summed E-state index contributed by atoms with van der Waals surface area (Å²) < 4.78 is 4.94. The van der Waals surface area contributed by atoms with E-state index in [4.69, 9.17) is 4.74 Å². The van der Waals surface area contributed by atoms with E-state index in [0.717, 1.165) is 23.5 Å². The molecule has 0 radical (unpaired) electrons. The molecule has 3 rings (SSSR count). The highest BCUT2D eigenvalue weighted by Crippen LogP contribution is 2.30. The molecule has 98 valence electrons. The minimum Gasteiger partial charge on any atom is -0.461 e. The lowest BCUT2D eigenvalue weighted by Crippen LogP contribution is -2.04. The van der Waals surface area contributed by atoms with Crippen LogP contribution in [0.2, 0.25) is 0 Å². The van der Waals surface area contributed by atoms with E-state index in [1.807, 2.05) is 0 Å². The van der Waals surface area contributed by atoms with Crippen LogP contribution in [0.4, 0.5) is 5.69 Å². The monoisotopic (exact) mass is 274 g/mol. The second-order valence-electron chi connectivity index (χ2n) is 4.31. The van der Waals surface area contributed by atoms with Gasteiger partial charge in [0, 0.05) is 23.2 Å². The summed E-state index contributed by atoms with van der Waals surface area (Å²) in [5.74, 6) is -0.357. The number of carbonyl (C=O) groups is 1. The number of hydrogen-bond acceptors (Lipinski definition) is 5. The topological polar surface area (TPSA) is 51.2 Å². The summed E-state index contributed by atoms with van der Waals surface area (Å²) >= 11 is 1.46. The molecule has 1 aliphatic rings. The number of rotatable bonds is 3. The summed E-state index contributed by atoms with van der Waals surface area (Å²) in [5.41, 5.74) is 3.93. The molecule has 0 bridgehead atoms. The van der Waals surface area contributed by atoms with Crippen LogP contribution in [-0.2, 0) is 11.2 Å². The fraction of sp³-hybridized carbons (Fsp3) is 0.286. The van der Waals surface area contributed by atoms with Gasteiger partial charge in [-0.1, -0.05) is 12.1 Å². The number of esters is 1. The van der Waals surface area contributed by atoms with E-state index in [9.17, 15) is 4.79 Å². The van der Waals surface area contributed by atoms with Crippen LogP contribution in [0.1, 0.15) is 23.0 Å². The van der Waals surface area contributed by atoms with Crippen LogP contribution in [0.25, 0.3) is 10.6 Å². The van der Waals surface area contributed by atoms with Crippen molar-refractivity contribution in [1.82, 2.24) is 4.98 Å². The number of hydrogen-bond donors (Lipinski definition) is 1. The van der Waals surface area contributed by atoms with Gasteiger partial charge in [0.25, 0.3) is 0 Å². The predicted molar refractivity (Wildman–Crippen MR) is 75.7 cm³/mol. The van der Waals surface area contributed by atoms with Gasteiger partial charge in [-0.25, -0.2) is 9.78 Å². The molecule has 0 saturated carbocycles. The Labute approximate surface area is 115 Å². The van der Waals surface area contributed by atoms with Crippen LogP contribution in [0.5, 0.6) is 0 Å². The number of nitrogens with one attached hydrogen (secondary N) is 1. The number of anilines is 1. The number of benzene rings is 1. The van der Waals surface area contributed by atoms with Crippen LogP contribution in [0.3, 0.4) is 0 Å². The Balaban J connectivity index is 1.88. The third-order valence-electron chi connectivity index (χ3n) is 3.06. The zero-order chi connectivity index (χ0) is 13.2. The van der Waals surface area contributed by atoms with Gasteiger partial charge in [0.1, 0.15) is 5.01 Å². The lowest BCUT2D eigenvalue weighted by atomic mass is 10.1. The average molecular weight is 274 g/mol. The average Bonchev–Trinajstić information content (AvgIpc) is 3.07. The Morgan fingerprint density at radius 2 is 2.42 bits per heavy atom. The van der Waals surface area contributed by atoms with Crippen molar-refractivity contribution in [3.05, 3.63) is 34.8 Å². The predicted octanol–water partition coefficient (Wildman–Crippen LogP) is 2.95. The third-order valence-corrected chi connectivity index (χ3v) is 3.95. The highest BCUT2D eigenvalue weighted by atomic mass is 32.1. The summed E-state index contributed by atoms with van der Waals surface area (Å²) in [4.78, 5) is 15.9. The molecule has 0 aliphatic carbocycles. The standard InChI is InChI=1S/C14H14N2O2S/c1-2-18-14(17)12-8-19-13(16-12)10-4-3-9-5-6-15-11(9)7-10/h3-4,7-8,15H,2,5-6H2,1H3. The van der Waals surface area contributed by atoms with Crippen LogP contribution in [-0.4, -0.2) is 24.1 Å². The van der Waals surface area contributed by atoms with E-state index in [-0.39, 0.29) is 5.97 Å². The maximum absolute atomic E-state index is 11.6. The van der Waals surface area contributed by atoms with Crippen molar-refractivity contribution in [2.24, 2.45) is 0 Å². The highest BCUT2D eigenvalue weighted by Gasteiger charge is 2.15. The smallest absolute Gasteiger partial charge is 0.357 e. The van der Waals surface area contributed by atoms with Crippen LogP contribution < -0.4 is 5.32 Å².